The van der Waals surface area contributed by atoms with E-state index in [1.165, 1.54) is 0 Å². The molecule has 0 bridgehead atoms. The molecule has 0 aliphatic carbocycles. The SMILES string of the molecule is CCCn1c(-c2ccccc2)nc2cc(C#N)ccc21. The van der Waals surface area contributed by atoms with Gasteiger partial charge in [0.15, 0.2) is 0 Å². The van der Waals surface area contributed by atoms with Crippen molar-refractivity contribution >= 4 is 11.0 Å². The number of benzene rings is 2. The van der Waals surface area contributed by atoms with Crippen LogP contribution in [0.4, 0.5) is 0 Å². The Morgan fingerprint density at radius 1 is 1.15 bits per heavy atom. The van der Waals surface area contributed by atoms with Gasteiger partial charge in [-0.05, 0) is 24.6 Å². The summed E-state index contributed by atoms with van der Waals surface area (Å²) in [6.45, 7) is 3.08. The van der Waals surface area contributed by atoms with Gasteiger partial charge in [0, 0.05) is 12.1 Å². The molecule has 3 heteroatoms. The molecule has 0 aliphatic heterocycles. The van der Waals surface area contributed by atoms with E-state index in [4.69, 9.17) is 10.2 Å². The smallest absolute Gasteiger partial charge is 0.141 e. The molecule has 20 heavy (non-hydrogen) atoms. The first-order chi connectivity index (χ1) is 9.83. The highest BCUT2D eigenvalue weighted by molar-refractivity contribution is 5.82. The Labute approximate surface area is 118 Å². The zero-order chi connectivity index (χ0) is 13.9. The maximum atomic E-state index is 9.01. The Kier molecular flexibility index (Phi) is 3.22. The van der Waals surface area contributed by atoms with Crippen LogP contribution in [-0.2, 0) is 6.54 Å². The largest absolute Gasteiger partial charge is 0.324 e. The molecule has 0 atom stereocenters. The van der Waals surface area contributed by atoms with Crippen molar-refractivity contribution < 1.29 is 0 Å². The second kappa shape index (κ2) is 5.18. The number of nitrogens with zero attached hydrogens (tertiary/aromatic N) is 3. The van der Waals surface area contributed by atoms with Crippen molar-refractivity contribution in [1.29, 1.82) is 5.26 Å². The van der Waals surface area contributed by atoms with Crippen LogP contribution in [0.5, 0.6) is 0 Å². The van der Waals surface area contributed by atoms with Crippen LogP contribution in [0.15, 0.2) is 48.5 Å². The summed E-state index contributed by atoms with van der Waals surface area (Å²) in [5.74, 6) is 0.970. The van der Waals surface area contributed by atoms with Crippen molar-refractivity contribution in [3.63, 3.8) is 0 Å². The molecule has 0 unspecified atom stereocenters. The lowest BCUT2D eigenvalue weighted by Gasteiger charge is -2.07. The van der Waals surface area contributed by atoms with Crippen LogP contribution in [0.3, 0.4) is 0 Å². The Bertz CT molecular complexity index is 779. The first kappa shape index (κ1) is 12.4. The van der Waals surface area contributed by atoms with Gasteiger partial charge in [0.05, 0.1) is 22.7 Å². The average Bonchev–Trinajstić information content (AvgIpc) is 2.86. The number of imidazole rings is 1. The first-order valence-corrected chi connectivity index (χ1v) is 6.79. The molecule has 1 heterocycles. The van der Waals surface area contributed by atoms with Gasteiger partial charge in [0.1, 0.15) is 5.82 Å². The molecule has 0 radical (unpaired) electrons. The maximum Gasteiger partial charge on any atom is 0.141 e. The lowest BCUT2D eigenvalue weighted by atomic mass is 10.2. The lowest BCUT2D eigenvalue weighted by molar-refractivity contribution is 0.704. The molecule has 3 nitrogen and oxygen atoms in total. The summed E-state index contributed by atoms with van der Waals surface area (Å²) in [5, 5.41) is 9.01. The summed E-state index contributed by atoms with van der Waals surface area (Å²) in [6.07, 6.45) is 1.05. The van der Waals surface area contributed by atoms with Crippen LogP contribution in [0.25, 0.3) is 22.4 Å². The number of hydrogen-bond donors (Lipinski definition) is 0. The Morgan fingerprint density at radius 2 is 1.95 bits per heavy atom. The molecule has 0 fully saturated rings. The Hall–Kier alpha value is -2.60. The van der Waals surface area contributed by atoms with Crippen LogP contribution in [0.1, 0.15) is 18.9 Å². The van der Waals surface area contributed by atoms with Crippen molar-refractivity contribution in [1.82, 2.24) is 9.55 Å². The van der Waals surface area contributed by atoms with Crippen LogP contribution < -0.4 is 0 Å². The molecular weight excluding hydrogens is 246 g/mol. The van der Waals surface area contributed by atoms with Gasteiger partial charge < -0.3 is 4.57 Å². The van der Waals surface area contributed by atoms with Gasteiger partial charge in [0.2, 0.25) is 0 Å². The highest BCUT2D eigenvalue weighted by Crippen LogP contribution is 2.25. The van der Waals surface area contributed by atoms with Gasteiger partial charge in [-0.25, -0.2) is 4.98 Å². The second-order valence-electron chi connectivity index (χ2n) is 4.77. The zero-order valence-corrected chi connectivity index (χ0v) is 11.4. The van der Waals surface area contributed by atoms with Crippen LogP contribution in [-0.4, -0.2) is 9.55 Å². The van der Waals surface area contributed by atoms with Crippen LogP contribution >= 0.6 is 0 Å². The van der Waals surface area contributed by atoms with E-state index in [-0.39, 0.29) is 0 Å². The van der Waals surface area contributed by atoms with E-state index < -0.39 is 0 Å². The van der Waals surface area contributed by atoms with Crippen molar-refractivity contribution in [2.24, 2.45) is 0 Å². The summed E-state index contributed by atoms with van der Waals surface area (Å²) < 4.78 is 2.23. The van der Waals surface area contributed by atoms with E-state index in [9.17, 15) is 0 Å². The van der Waals surface area contributed by atoms with Gasteiger partial charge in [0.25, 0.3) is 0 Å². The fourth-order valence-electron chi connectivity index (χ4n) is 2.46. The minimum Gasteiger partial charge on any atom is -0.324 e. The quantitative estimate of drug-likeness (QED) is 0.715. The summed E-state index contributed by atoms with van der Waals surface area (Å²) in [5.41, 5.74) is 3.73. The molecular formula is C17H15N3. The third-order valence-electron chi connectivity index (χ3n) is 3.36. The van der Waals surface area contributed by atoms with Crippen LogP contribution in [0, 0.1) is 11.3 Å². The van der Waals surface area contributed by atoms with Crippen molar-refractivity contribution in [3.05, 3.63) is 54.1 Å². The maximum absolute atomic E-state index is 9.01. The van der Waals surface area contributed by atoms with Crippen molar-refractivity contribution in [2.75, 3.05) is 0 Å². The molecule has 0 amide bonds. The molecule has 3 aromatic rings. The standard InChI is InChI=1S/C17H15N3/c1-2-10-20-16-9-8-13(12-18)11-15(16)19-17(20)14-6-4-3-5-7-14/h3-9,11H,2,10H2,1H3. The molecule has 0 saturated heterocycles. The predicted octanol–water partition coefficient (Wildman–Crippen LogP) is 3.98. The molecule has 0 saturated carbocycles. The van der Waals surface area contributed by atoms with Crippen LogP contribution in [0.2, 0.25) is 0 Å². The summed E-state index contributed by atoms with van der Waals surface area (Å²) in [7, 11) is 0. The molecule has 0 spiro atoms. The molecule has 98 valence electrons. The number of aryl methyl sites for hydroxylation is 1. The van der Waals surface area contributed by atoms with Crippen molar-refractivity contribution in [3.8, 4) is 17.5 Å². The van der Waals surface area contributed by atoms with Gasteiger partial charge >= 0.3 is 0 Å². The monoisotopic (exact) mass is 261 g/mol. The molecule has 0 aliphatic rings. The first-order valence-electron chi connectivity index (χ1n) is 6.79. The summed E-state index contributed by atoms with van der Waals surface area (Å²) in [6, 6.07) is 18.0. The second-order valence-corrected chi connectivity index (χ2v) is 4.77. The average molecular weight is 261 g/mol. The number of aromatic nitrogens is 2. The third-order valence-corrected chi connectivity index (χ3v) is 3.36. The van der Waals surface area contributed by atoms with E-state index in [0.717, 1.165) is 35.4 Å². The fraction of sp³-hybridized carbons (Fsp3) is 0.176. The molecule has 2 aromatic carbocycles. The number of rotatable bonds is 3. The summed E-state index contributed by atoms with van der Waals surface area (Å²) >= 11 is 0. The Balaban J connectivity index is 2.26. The van der Waals surface area contributed by atoms with Gasteiger partial charge in [-0.1, -0.05) is 37.3 Å². The third kappa shape index (κ3) is 2.06. The van der Waals surface area contributed by atoms with Gasteiger partial charge in [-0.15, -0.1) is 0 Å². The molecule has 3 rings (SSSR count). The zero-order valence-electron chi connectivity index (χ0n) is 11.4. The predicted molar refractivity (Wildman–Crippen MR) is 80.2 cm³/mol. The normalized spacial score (nSPS) is 10.6. The highest BCUT2D eigenvalue weighted by atomic mass is 15.1. The minimum absolute atomic E-state index is 0.651. The van der Waals surface area contributed by atoms with E-state index in [1.54, 1.807) is 0 Å². The van der Waals surface area contributed by atoms with Crippen molar-refractivity contribution in [2.45, 2.75) is 19.9 Å². The fourth-order valence-corrected chi connectivity index (χ4v) is 2.46. The Morgan fingerprint density at radius 3 is 2.65 bits per heavy atom. The minimum atomic E-state index is 0.651. The van der Waals surface area contributed by atoms with E-state index in [2.05, 4.69) is 29.7 Å². The van der Waals surface area contributed by atoms with E-state index >= 15 is 0 Å². The van der Waals surface area contributed by atoms with E-state index in [1.807, 2.05) is 36.4 Å². The van der Waals surface area contributed by atoms with E-state index in [0.29, 0.717) is 5.56 Å². The number of hydrogen-bond acceptors (Lipinski definition) is 2. The number of fused-ring (bicyclic) bond motifs is 1. The molecule has 0 N–H and O–H groups in total. The highest BCUT2D eigenvalue weighted by Gasteiger charge is 2.12. The summed E-state index contributed by atoms with van der Waals surface area (Å²) in [4.78, 5) is 4.72. The van der Waals surface area contributed by atoms with Gasteiger partial charge in [-0.3, -0.25) is 0 Å². The number of nitriles is 1. The topological polar surface area (TPSA) is 41.6 Å². The van der Waals surface area contributed by atoms with Gasteiger partial charge in [-0.2, -0.15) is 5.26 Å². The lowest BCUT2D eigenvalue weighted by Crippen LogP contribution is -1.99. The molecule has 1 aromatic heterocycles.